The van der Waals surface area contributed by atoms with Gasteiger partial charge in [0.2, 0.25) is 5.91 Å². The van der Waals surface area contributed by atoms with E-state index in [2.05, 4.69) is 31.5 Å². The van der Waals surface area contributed by atoms with Crippen LogP contribution >= 0.6 is 0 Å². The maximum Gasteiger partial charge on any atom is 0.286 e. The molecule has 0 saturated heterocycles. The number of amides is 2. The SMILES string of the molecule is CC(=O)Nc1cccc(S(C)(=O)=NC(=O)c2cncc(C#Cc3cccnc3)c2)c1. The highest BCUT2D eigenvalue weighted by Gasteiger charge is 2.13. The molecule has 2 heterocycles. The fraction of sp³-hybridized carbons (Fsp3) is 0.0909. The van der Waals surface area contributed by atoms with Crippen molar-refractivity contribution in [2.24, 2.45) is 4.36 Å². The molecule has 7 nitrogen and oxygen atoms in total. The molecule has 0 saturated carbocycles. The quantitative estimate of drug-likeness (QED) is 0.659. The van der Waals surface area contributed by atoms with Crippen molar-refractivity contribution >= 4 is 27.2 Å². The van der Waals surface area contributed by atoms with E-state index in [4.69, 9.17) is 0 Å². The number of carbonyl (C=O) groups is 2. The van der Waals surface area contributed by atoms with Crippen LogP contribution in [0.1, 0.15) is 28.4 Å². The van der Waals surface area contributed by atoms with Gasteiger partial charge in [0.1, 0.15) is 0 Å². The van der Waals surface area contributed by atoms with E-state index in [1.165, 1.54) is 31.6 Å². The van der Waals surface area contributed by atoms with Crippen LogP contribution in [-0.2, 0) is 14.5 Å². The molecule has 30 heavy (non-hydrogen) atoms. The summed E-state index contributed by atoms with van der Waals surface area (Å²) in [4.78, 5) is 32.2. The summed E-state index contributed by atoms with van der Waals surface area (Å²) < 4.78 is 17.0. The van der Waals surface area contributed by atoms with E-state index in [0.29, 0.717) is 16.1 Å². The largest absolute Gasteiger partial charge is 0.326 e. The van der Waals surface area contributed by atoms with Crippen molar-refractivity contribution in [1.82, 2.24) is 9.97 Å². The van der Waals surface area contributed by atoms with Crippen molar-refractivity contribution in [1.29, 1.82) is 0 Å². The molecule has 0 aliphatic carbocycles. The van der Waals surface area contributed by atoms with Crippen LogP contribution in [-0.4, -0.2) is 32.2 Å². The smallest absolute Gasteiger partial charge is 0.286 e. The molecule has 0 aliphatic rings. The molecule has 0 spiro atoms. The van der Waals surface area contributed by atoms with Crippen molar-refractivity contribution in [3.8, 4) is 11.8 Å². The Bertz CT molecular complexity index is 1280. The van der Waals surface area contributed by atoms with Crippen molar-refractivity contribution < 1.29 is 13.8 Å². The molecule has 3 rings (SSSR count). The van der Waals surface area contributed by atoms with Crippen molar-refractivity contribution in [2.75, 3.05) is 11.6 Å². The first-order chi connectivity index (χ1) is 14.3. The van der Waals surface area contributed by atoms with Gasteiger partial charge in [-0.25, -0.2) is 4.21 Å². The third kappa shape index (κ3) is 5.59. The highest BCUT2D eigenvalue weighted by molar-refractivity contribution is 7.93. The van der Waals surface area contributed by atoms with Gasteiger partial charge in [-0.3, -0.25) is 19.6 Å². The van der Waals surface area contributed by atoms with Gasteiger partial charge >= 0.3 is 0 Å². The molecule has 1 unspecified atom stereocenters. The van der Waals surface area contributed by atoms with Crippen molar-refractivity contribution in [3.05, 3.63) is 83.9 Å². The summed E-state index contributed by atoms with van der Waals surface area (Å²) in [7, 11) is -3.03. The molecule has 3 aromatic rings. The number of nitrogens with one attached hydrogen (secondary N) is 1. The highest BCUT2D eigenvalue weighted by Crippen LogP contribution is 2.18. The standard InChI is InChI=1S/C22H18N4O3S/c1-16(27)25-20-6-3-7-21(12-20)30(2,29)26-22(28)19-11-18(14-24-15-19)9-8-17-5-4-10-23-13-17/h3-7,10-15H,1-2H3,(H,25,27). The summed E-state index contributed by atoms with van der Waals surface area (Å²) in [6.45, 7) is 1.38. The van der Waals surface area contributed by atoms with Crippen LogP contribution in [0.25, 0.3) is 0 Å². The lowest BCUT2D eigenvalue weighted by molar-refractivity contribution is -0.114. The van der Waals surface area contributed by atoms with Gasteiger partial charge in [0.15, 0.2) is 0 Å². The Morgan fingerprint density at radius 1 is 1.00 bits per heavy atom. The number of anilines is 1. The number of nitrogens with zero attached hydrogens (tertiary/aromatic N) is 3. The van der Waals surface area contributed by atoms with Gasteiger partial charge in [0, 0.05) is 59.7 Å². The molecule has 0 bridgehead atoms. The minimum Gasteiger partial charge on any atom is -0.326 e. The number of hydrogen-bond donors (Lipinski definition) is 1. The molecule has 2 aromatic heterocycles. The predicted octanol–water partition coefficient (Wildman–Crippen LogP) is 3.13. The van der Waals surface area contributed by atoms with Crippen LogP contribution < -0.4 is 5.32 Å². The minimum atomic E-state index is -3.03. The van der Waals surface area contributed by atoms with E-state index >= 15 is 0 Å². The summed E-state index contributed by atoms with van der Waals surface area (Å²) >= 11 is 0. The summed E-state index contributed by atoms with van der Waals surface area (Å²) in [5, 5.41) is 2.62. The van der Waals surface area contributed by atoms with Crippen LogP contribution in [0.4, 0.5) is 5.69 Å². The summed E-state index contributed by atoms with van der Waals surface area (Å²) in [5.74, 6) is 4.94. The Kier molecular flexibility index (Phi) is 6.35. The van der Waals surface area contributed by atoms with Crippen LogP contribution in [0.15, 0.2) is 76.5 Å². The summed E-state index contributed by atoms with van der Waals surface area (Å²) in [6.07, 6.45) is 7.54. The maximum atomic E-state index is 13.0. The van der Waals surface area contributed by atoms with Gasteiger partial charge in [0.25, 0.3) is 5.91 Å². The highest BCUT2D eigenvalue weighted by atomic mass is 32.2. The first-order valence-corrected chi connectivity index (χ1v) is 10.8. The molecule has 0 aliphatic heterocycles. The molecule has 1 atom stereocenters. The predicted molar refractivity (Wildman–Crippen MR) is 114 cm³/mol. The van der Waals surface area contributed by atoms with Gasteiger partial charge in [-0.15, -0.1) is 0 Å². The lowest BCUT2D eigenvalue weighted by atomic mass is 10.2. The third-order valence-electron chi connectivity index (χ3n) is 3.85. The van der Waals surface area contributed by atoms with Crippen LogP contribution in [0.3, 0.4) is 0 Å². The Balaban J connectivity index is 1.88. The van der Waals surface area contributed by atoms with Crippen molar-refractivity contribution in [2.45, 2.75) is 11.8 Å². The Morgan fingerprint density at radius 3 is 2.50 bits per heavy atom. The lowest BCUT2D eigenvalue weighted by Crippen LogP contribution is -2.08. The molecular weight excluding hydrogens is 400 g/mol. The van der Waals surface area contributed by atoms with Crippen molar-refractivity contribution in [3.63, 3.8) is 0 Å². The van der Waals surface area contributed by atoms with Crippen LogP contribution in [0.2, 0.25) is 0 Å². The molecule has 1 aromatic carbocycles. The van der Waals surface area contributed by atoms with E-state index in [1.807, 2.05) is 6.07 Å². The molecule has 1 N–H and O–H groups in total. The van der Waals surface area contributed by atoms with Gasteiger partial charge in [-0.1, -0.05) is 17.9 Å². The zero-order valence-corrected chi connectivity index (χ0v) is 17.1. The van der Waals surface area contributed by atoms with E-state index in [1.54, 1.807) is 42.7 Å². The number of hydrogen-bond acceptors (Lipinski definition) is 5. The Hall–Kier alpha value is -3.83. The minimum absolute atomic E-state index is 0.181. The number of aromatic nitrogens is 2. The first-order valence-electron chi connectivity index (χ1n) is 8.85. The number of pyridine rings is 2. The van der Waals surface area contributed by atoms with E-state index < -0.39 is 15.6 Å². The second-order valence-electron chi connectivity index (χ2n) is 6.36. The van der Waals surface area contributed by atoms with Gasteiger partial charge in [-0.05, 0) is 36.4 Å². The van der Waals surface area contributed by atoms with E-state index in [0.717, 1.165) is 5.56 Å². The third-order valence-corrected chi connectivity index (χ3v) is 5.49. The zero-order chi connectivity index (χ0) is 21.6. The first kappa shape index (κ1) is 20.9. The summed E-state index contributed by atoms with van der Waals surface area (Å²) in [6, 6.07) is 11.6. The van der Waals surface area contributed by atoms with E-state index in [9.17, 15) is 13.8 Å². The average molecular weight is 418 g/mol. The fourth-order valence-corrected chi connectivity index (χ4v) is 3.69. The fourth-order valence-electron chi connectivity index (χ4n) is 2.48. The second kappa shape index (κ2) is 9.11. The van der Waals surface area contributed by atoms with Gasteiger partial charge < -0.3 is 5.32 Å². The number of benzene rings is 1. The molecule has 2 amide bonds. The Labute approximate surface area is 174 Å². The molecule has 0 fully saturated rings. The normalized spacial score (nSPS) is 12.1. The van der Waals surface area contributed by atoms with Crippen LogP contribution in [0.5, 0.6) is 0 Å². The maximum absolute atomic E-state index is 13.0. The molecule has 8 heteroatoms. The topological polar surface area (TPSA) is 101 Å². The summed E-state index contributed by atoms with van der Waals surface area (Å²) in [5.41, 5.74) is 1.91. The second-order valence-corrected chi connectivity index (χ2v) is 8.62. The van der Waals surface area contributed by atoms with Crippen LogP contribution in [0, 0.1) is 11.8 Å². The monoisotopic (exact) mass is 418 g/mol. The molecule has 150 valence electrons. The lowest BCUT2D eigenvalue weighted by Gasteiger charge is -2.07. The zero-order valence-electron chi connectivity index (χ0n) is 16.3. The van der Waals surface area contributed by atoms with Gasteiger partial charge in [0.05, 0.1) is 15.3 Å². The molecule has 0 radical (unpaired) electrons. The number of carbonyl (C=O) groups excluding carboxylic acids is 2. The van der Waals surface area contributed by atoms with Gasteiger partial charge in [-0.2, -0.15) is 4.36 Å². The number of rotatable bonds is 3. The average Bonchev–Trinajstić information content (AvgIpc) is 2.73. The Morgan fingerprint density at radius 2 is 1.77 bits per heavy atom. The van der Waals surface area contributed by atoms with E-state index in [-0.39, 0.29) is 11.5 Å². The molecular formula is C22H18N4O3S.